The molecule has 0 unspecified atom stereocenters. The van der Waals surface area contributed by atoms with Gasteiger partial charge in [-0.1, -0.05) is 23.2 Å². The highest BCUT2D eigenvalue weighted by Gasteiger charge is 2.11. The predicted octanol–water partition coefficient (Wildman–Crippen LogP) is 2.28. The first-order valence-corrected chi connectivity index (χ1v) is 6.12. The van der Waals surface area contributed by atoms with Crippen LogP contribution in [0, 0.1) is 0 Å². The van der Waals surface area contributed by atoms with Gasteiger partial charge in [0.2, 0.25) is 0 Å². The third-order valence-corrected chi connectivity index (χ3v) is 2.66. The topological polar surface area (TPSA) is 62.2 Å². The van der Waals surface area contributed by atoms with Crippen LogP contribution in [0.4, 0.5) is 0 Å². The van der Waals surface area contributed by atoms with Crippen molar-refractivity contribution in [3.05, 3.63) is 28.0 Å². The lowest BCUT2D eigenvalue weighted by Crippen LogP contribution is -2.25. The van der Waals surface area contributed by atoms with Gasteiger partial charge in [0.1, 0.15) is 10.8 Å². The van der Waals surface area contributed by atoms with Crippen molar-refractivity contribution in [2.24, 2.45) is 0 Å². The van der Waals surface area contributed by atoms with Gasteiger partial charge >= 0.3 is 0 Å². The van der Waals surface area contributed by atoms with Crippen LogP contribution in [0.5, 0.6) is 0 Å². The number of carbonyl (C=O) groups is 1. The summed E-state index contributed by atoms with van der Waals surface area (Å²) < 4.78 is 0. The molecule has 1 rings (SSSR count). The lowest BCUT2D eigenvalue weighted by atomic mass is 10.2. The summed E-state index contributed by atoms with van der Waals surface area (Å²) in [6.45, 7) is 0.707. The van der Waals surface area contributed by atoms with Crippen LogP contribution < -0.4 is 5.32 Å². The van der Waals surface area contributed by atoms with E-state index in [0.29, 0.717) is 6.54 Å². The molecule has 0 bridgehead atoms. The maximum Gasteiger partial charge on any atom is 0.271 e. The minimum atomic E-state index is -0.332. The molecule has 94 valence electrons. The predicted molar refractivity (Wildman–Crippen MR) is 67.5 cm³/mol. The van der Waals surface area contributed by atoms with Crippen LogP contribution in [0.2, 0.25) is 10.2 Å². The van der Waals surface area contributed by atoms with Crippen molar-refractivity contribution in [1.82, 2.24) is 10.3 Å². The summed E-state index contributed by atoms with van der Waals surface area (Å²) >= 11 is 11.5. The summed E-state index contributed by atoms with van der Waals surface area (Å²) in [6, 6.07) is 3.07. The summed E-state index contributed by atoms with van der Waals surface area (Å²) in [5.74, 6) is -0.332. The third kappa shape index (κ3) is 4.89. The van der Waals surface area contributed by atoms with Crippen molar-refractivity contribution in [2.75, 3.05) is 13.2 Å². The quantitative estimate of drug-likeness (QED) is 0.619. The summed E-state index contributed by atoms with van der Waals surface area (Å²) in [7, 11) is 0. The summed E-state index contributed by atoms with van der Waals surface area (Å²) in [6.07, 6.45) is 2.42. The fourth-order valence-corrected chi connectivity index (χ4v) is 1.62. The molecule has 0 fully saturated rings. The van der Waals surface area contributed by atoms with E-state index in [1.54, 1.807) is 0 Å². The van der Waals surface area contributed by atoms with Crippen molar-refractivity contribution in [3.63, 3.8) is 0 Å². The number of nitrogens with one attached hydrogen (secondary N) is 1. The number of aliphatic hydroxyl groups excluding tert-OH is 1. The zero-order chi connectivity index (χ0) is 12.7. The molecular formula is C11H14Cl2N2O2. The SMILES string of the molecule is O=C(NCCCCCO)c1nc(Cl)ccc1Cl. The van der Waals surface area contributed by atoms with Crippen molar-refractivity contribution in [1.29, 1.82) is 0 Å². The molecule has 4 nitrogen and oxygen atoms in total. The molecule has 0 radical (unpaired) electrons. The highest BCUT2D eigenvalue weighted by molar-refractivity contribution is 6.34. The van der Waals surface area contributed by atoms with Gasteiger partial charge in [-0.2, -0.15) is 0 Å². The van der Waals surface area contributed by atoms with Crippen LogP contribution in [0.15, 0.2) is 12.1 Å². The Hall–Kier alpha value is -0.840. The number of pyridine rings is 1. The second-order valence-electron chi connectivity index (χ2n) is 3.50. The van der Waals surface area contributed by atoms with Crippen molar-refractivity contribution >= 4 is 29.1 Å². The van der Waals surface area contributed by atoms with Gasteiger partial charge in [0.25, 0.3) is 5.91 Å². The maximum atomic E-state index is 11.7. The molecule has 1 aromatic rings. The molecule has 0 saturated heterocycles. The number of halogens is 2. The van der Waals surface area contributed by atoms with E-state index < -0.39 is 0 Å². The molecule has 1 heterocycles. The van der Waals surface area contributed by atoms with E-state index in [4.69, 9.17) is 28.3 Å². The summed E-state index contributed by atoms with van der Waals surface area (Å²) in [5, 5.41) is 11.8. The van der Waals surface area contributed by atoms with Gasteiger partial charge < -0.3 is 10.4 Å². The molecule has 1 amide bonds. The van der Waals surface area contributed by atoms with E-state index in [1.165, 1.54) is 12.1 Å². The molecule has 6 heteroatoms. The van der Waals surface area contributed by atoms with Crippen molar-refractivity contribution < 1.29 is 9.90 Å². The second-order valence-corrected chi connectivity index (χ2v) is 4.30. The maximum absolute atomic E-state index is 11.7. The van der Waals surface area contributed by atoms with Crippen LogP contribution >= 0.6 is 23.2 Å². The Morgan fingerprint density at radius 1 is 1.29 bits per heavy atom. The van der Waals surface area contributed by atoms with E-state index in [1.807, 2.05) is 0 Å². The largest absolute Gasteiger partial charge is 0.396 e. The zero-order valence-corrected chi connectivity index (χ0v) is 10.8. The molecule has 17 heavy (non-hydrogen) atoms. The molecule has 0 atom stereocenters. The van der Waals surface area contributed by atoms with Crippen LogP contribution in [0.25, 0.3) is 0 Å². The fraction of sp³-hybridized carbons (Fsp3) is 0.455. The van der Waals surface area contributed by atoms with E-state index in [2.05, 4.69) is 10.3 Å². The monoisotopic (exact) mass is 276 g/mol. The fourth-order valence-electron chi connectivity index (χ4n) is 1.28. The first kappa shape index (κ1) is 14.2. The Balaban J connectivity index is 2.44. The van der Waals surface area contributed by atoms with E-state index in [0.717, 1.165) is 19.3 Å². The molecule has 0 aliphatic rings. The first-order valence-electron chi connectivity index (χ1n) is 5.36. The van der Waals surface area contributed by atoms with Gasteiger partial charge in [0, 0.05) is 13.2 Å². The Bertz CT molecular complexity index is 386. The minimum Gasteiger partial charge on any atom is -0.396 e. The number of hydrogen-bond donors (Lipinski definition) is 2. The van der Waals surface area contributed by atoms with Gasteiger partial charge in [-0.05, 0) is 31.4 Å². The molecule has 2 N–H and O–H groups in total. The van der Waals surface area contributed by atoms with Crippen LogP contribution in [-0.4, -0.2) is 29.1 Å². The average Bonchev–Trinajstić information content (AvgIpc) is 2.32. The number of hydrogen-bond acceptors (Lipinski definition) is 3. The van der Waals surface area contributed by atoms with Crippen molar-refractivity contribution in [3.8, 4) is 0 Å². The van der Waals surface area contributed by atoms with Gasteiger partial charge in [0.15, 0.2) is 0 Å². The highest BCUT2D eigenvalue weighted by Crippen LogP contribution is 2.16. The lowest BCUT2D eigenvalue weighted by molar-refractivity contribution is 0.0948. The number of nitrogens with zero attached hydrogens (tertiary/aromatic N) is 1. The third-order valence-electron chi connectivity index (χ3n) is 2.15. The van der Waals surface area contributed by atoms with Gasteiger partial charge in [-0.15, -0.1) is 0 Å². The zero-order valence-electron chi connectivity index (χ0n) is 9.25. The average molecular weight is 277 g/mol. The molecule has 0 saturated carbocycles. The molecule has 0 aliphatic carbocycles. The number of aliphatic hydroxyl groups is 1. The number of amides is 1. The first-order chi connectivity index (χ1) is 8.15. The minimum absolute atomic E-state index is 0.140. The summed E-state index contributed by atoms with van der Waals surface area (Å²) in [5.41, 5.74) is 0.140. The van der Waals surface area contributed by atoms with Gasteiger partial charge in [0.05, 0.1) is 5.02 Å². The van der Waals surface area contributed by atoms with E-state index in [-0.39, 0.29) is 28.4 Å². The number of unbranched alkanes of at least 4 members (excludes halogenated alkanes) is 2. The lowest BCUT2D eigenvalue weighted by Gasteiger charge is -2.05. The van der Waals surface area contributed by atoms with E-state index >= 15 is 0 Å². The molecule has 0 aliphatic heterocycles. The van der Waals surface area contributed by atoms with Crippen LogP contribution in [-0.2, 0) is 0 Å². The standard InChI is InChI=1S/C11H14Cl2N2O2/c12-8-4-5-9(13)15-10(8)11(17)14-6-2-1-3-7-16/h4-5,16H,1-3,6-7H2,(H,14,17). The second kappa shape index (κ2) is 7.48. The molecule has 0 aromatic carbocycles. The molecular weight excluding hydrogens is 263 g/mol. The van der Waals surface area contributed by atoms with Crippen molar-refractivity contribution in [2.45, 2.75) is 19.3 Å². The number of carbonyl (C=O) groups excluding carboxylic acids is 1. The highest BCUT2D eigenvalue weighted by atomic mass is 35.5. The molecule has 0 spiro atoms. The number of aromatic nitrogens is 1. The molecule has 1 aromatic heterocycles. The Morgan fingerprint density at radius 2 is 2.06 bits per heavy atom. The van der Waals surface area contributed by atoms with Crippen LogP contribution in [0.1, 0.15) is 29.8 Å². The summed E-state index contributed by atoms with van der Waals surface area (Å²) in [4.78, 5) is 15.6. The van der Waals surface area contributed by atoms with Gasteiger partial charge in [-0.25, -0.2) is 4.98 Å². The smallest absolute Gasteiger partial charge is 0.271 e. The Kier molecular flexibility index (Phi) is 6.26. The van der Waals surface area contributed by atoms with E-state index in [9.17, 15) is 4.79 Å². The Morgan fingerprint density at radius 3 is 2.76 bits per heavy atom. The normalized spacial score (nSPS) is 10.3. The van der Waals surface area contributed by atoms with Crippen LogP contribution in [0.3, 0.4) is 0 Å². The number of rotatable bonds is 6. The Labute approximate surface area is 110 Å². The van der Waals surface area contributed by atoms with Gasteiger partial charge in [-0.3, -0.25) is 4.79 Å².